The highest BCUT2D eigenvalue weighted by molar-refractivity contribution is 7.91. The third kappa shape index (κ3) is 3.36. The van der Waals surface area contributed by atoms with Crippen molar-refractivity contribution >= 4 is 17.8 Å². The minimum atomic E-state index is -3.42. The lowest BCUT2D eigenvalue weighted by molar-refractivity contribution is 0.436. The second-order valence-electron chi connectivity index (χ2n) is 6.53. The van der Waals surface area contributed by atoms with Crippen LogP contribution in [-0.4, -0.2) is 34.8 Å². The van der Waals surface area contributed by atoms with Gasteiger partial charge in [-0.25, -0.2) is 8.42 Å². The van der Waals surface area contributed by atoms with Crippen LogP contribution in [0.2, 0.25) is 0 Å². The van der Waals surface area contributed by atoms with E-state index in [-0.39, 0.29) is 0 Å². The molecule has 0 amide bonds. The summed E-state index contributed by atoms with van der Waals surface area (Å²) < 4.78 is 25.5. The molecule has 0 radical (unpaired) electrons. The first-order valence-corrected chi connectivity index (χ1v) is 9.54. The van der Waals surface area contributed by atoms with Gasteiger partial charge in [-0.3, -0.25) is 0 Å². The van der Waals surface area contributed by atoms with E-state index in [9.17, 15) is 8.42 Å². The van der Waals surface area contributed by atoms with Gasteiger partial charge in [0, 0.05) is 0 Å². The van der Waals surface area contributed by atoms with Gasteiger partial charge in [-0.1, -0.05) is 24.3 Å². The quantitative estimate of drug-likeness (QED) is 0.810. The monoisotopic (exact) mass is 327 g/mol. The van der Waals surface area contributed by atoms with Gasteiger partial charge < -0.3 is 4.81 Å². The minimum absolute atomic E-state index is 0.362. The zero-order valence-electron chi connectivity index (χ0n) is 13.7. The van der Waals surface area contributed by atoms with Crippen LogP contribution in [0.3, 0.4) is 0 Å². The molecule has 0 saturated carbocycles. The summed E-state index contributed by atoms with van der Waals surface area (Å²) in [4.78, 5) is 2.97. The number of rotatable bonds is 4. The molecule has 0 aromatic heterocycles. The summed E-state index contributed by atoms with van der Waals surface area (Å²) in [5, 5.41) is 0. The third-order valence-corrected chi connectivity index (χ3v) is 6.27. The van der Waals surface area contributed by atoms with E-state index >= 15 is 0 Å². The molecule has 3 rings (SSSR count). The van der Waals surface area contributed by atoms with Crippen molar-refractivity contribution in [3.05, 3.63) is 59.7 Å². The largest absolute Gasteiger partial charge is 0.351 e. The number of aryl methyl sites for hydroxylation is 1. The van der Waals surface area contributed by atoms with E-state index in [0.29, 0.717) is 15.7 Å². The molecular formula is C18H22BNO2S. The first-order chi connectivity index (χ1) is 11.0. The van der Waals surface area contributed by atoms with E-state index in [0.717, 1.165) is 19.4 Å². The Morgan fingerprint density at radius 3 is 2.57 bits per heavy atom. The van der Waals surface area contributed by atoms with E-state index in [1.165, 1.54) is 17.5 Å². The number of benzene rings is 2. The van der Waals surface area contributed by atoms with Gasteiger partial charge in [-0.05, 0) is 74.2 Å². The van der Waals surface area contributed by atoms with E-state index in [2.05, 4.69) is 19.8 Å². The summed E-state index contributed by atoms with van der Waals surface area (Å²) in [5.74, 6) is 0.502. The smallest absolute Gasteiger partial charge is 0.206 e. The lowest BCUT2D eigenvalue weighted by atomic mass is 9.82. The number of hydrogen-bond acceptors (Lipinski definition) is 3. The Morgan fingerprint density at radius 1 is 1.13 bits per heavy atom. The average molecular weight is 327 g/mol. The van der Waals surface area contributed by atoms with Gasteiger partial charge in [0.15, 0.2) is 7.98 Å². The zero-order chi connectivity index (χ0) is 16.4. The van der Waals surface area contributed by atoms with E-state index < -0.39 is 9.84 Å². The van der Waals surface area contributed by atoms with Crippen LogP contribution in [-0.2, 0) is 16.3 Å². The van der Waals surface area contributed by atoms with Crippen LogP contribution in [0.5, 0.6) is 0 Å². The molecule has 0 bridgehead atoms. The van der Waals surface area contributed by atoms with Gasteiger partial charge in [-0.2, -0.15) is 0 Å². The molecule has 5 heteroatoms. The topological polar surface area (TPSA) is 37.4 Å². The second-order valence-corrected chi connectivity index (χ2v) is 8.48. The highest BCUT2D eigenvalue weighted by Gasteiger charge is 2.24. The average Bonchev–Trinajstić information content (AvgIpc) is 2.55. The van der Waals surface area contributed by atoms with Crippen molar-refractivity contribution in [2.24, 2.45) is 0 Å². The maximum atomic E-state index is 12.8. The van der Waals surface area contributed by atoms with Gasteiger partial charge in [-0.15, -0.1) is 0 Å². The van der Waals surface area contributed by atoms with E-state index in [4.69, 9.17) is 0 Å². The second kappa shape index (κ2) is 6.50. The van der Waals surface area contributed by atoms with Crippen molar-refractivity contribution in [2.75, 3.05) is 13.6 Å². The molecule has 0 fully saturated rings. The molecule has 1 aliphatic carbocycles. The fourth-order valence-electron chi connectivity index (χ4n) is 3.42. The molecule has 3 nitrogen and oxygen atoms in total. The van der Waals surface area contributed by atoms with Gasteiger partial charge in [0.1, 0.15) is 0 Å². The number of sulfone groups is 1. The SMILES string of the molecule is BN(C)C[C@H]1CCCc2cc(S(=O)(=O)c3ccccc3)ccc21. The molecular weight excluding hydrogens is 305 g/mol. The van der Waals surface area contributed by atoms with E-state index in [1.54, 1.807) is 30.3 Å². The van der Waals surface area contributed by atoms with Crippen molar-refractivity contribution < 1.29 is 8.42 Å². The minimum Gasteiger partial charge on any atom is -0.351 e. The Kier molecular flexibility index (Phi) is 4.60. The van der Waals surface area contributed by atoms with Crippen LogP contribution >= 0.6 is 0 Å². The van der Waals surface area contributed by atoms with Crippen LogP contribution in [0.15, 0.2) is 58.3 Å². The van der Waals surface area contributed by atoms with Gasteiger partial charge >= 0.3 is 0 Å². The van der Waals surface area contributed by atoms with Crippen molar-refractivity contribution in [1.82, 2.24) is 4.81 Å². The number of likely N-dealkylation sites (N-methyl/N-ethyl adjacent to an activating group) is 1. The zero-order valence-corrected chi connectivity index (χ0v) is 14.5. The first kappa shape index (κ1) is 16.3. The molecule has 2 aromatic rings. The highest BCUT2D eigenvalue weighted by Crippen LogP contribution is 2.34. The Bertz CT molecular complexity index is 788. The van der Waals surface area contributed by atoms with Gasteiger partial charge in [0.05, 0.1) is 9.79 Å². The van der Waals surface area contributed by atoms with Gasteiger partial charge in [0.2, 0.25) is 9.84 Å². The molecule has 1 aliphatic rings. The molecule has 0 saturated heterocycles. The van der Waals surface area contributed by atoms with Crippen LogP contribution in [0, 0.1) is 0 Å². The summed E-state index contributed by atoms with van der Waals surface area (Å²) >= 11 is 0. The van der Waals surface area contributed by atoms with Gasteiger partial charge in [0.25, 0.3) is 0 Å². The molecule has 120 valence electrons. The predicted octanol–water partition coefficient (Wildman–Crippen LogP) is 2.42. The molecule has 2 aromatic carbocycles. The lowest BCUT2D eigenvalue weighted by Crippen LogP contribution is -2.24. The standard InChI is InChI=1S/C18H22BNO2S/c1-20(19)13-15-7-5-6-14-12-17(10-11-18(14)15)23(21,22)16-8-3-2-4-9-16/h2-4,8-12,15H,5-7,13,19H2,1H3/t15-/m1/s1. The normalized spacial score (nSPS) is 17.9. The number of fused-ring (bicyclic) bond motifs is 1. The summed E-state index contributed by atoms with van der Waals surface area (Å²) in [6, 6.07) is 14.4. The van der Waals surface area contributed by atoms with Crippen molar-refractivity contribution in [3.63, 3.8) is 0 Å². The predicted molar refractivity (Wildman–Crippen MR) is 95.2 cm³/mol. The molecule has 1 atom stereocenters. The Morgan fingerprint density at radius 2 is 1.87 bits per heavy atom. The molecule has 0 spiro atoms. The summed E-state index contributed by atoms with van der Waals surface area (Å²) in [6.07, 6.45) is 3.27. The third-order valence-electron chi connectivity index (χ3n) is 4.50. The molecule has 0 aliphatic heterocycles. The number of hydrogen-bond donors (Lipinski definition) is 0. The highest BCUT2D eigenvalue weighted by atomic mass is 32.2. The van der Waals surface area contributed by atoms with Crippen LogP contribution in [0.25, 0.3) is 0 Å². The maximum Gasteiger partial charge on any atom is 0.206 e. The van der Waals surface area contributed by atoms with Crippen LogP contribution < -0.4 is 0 Å². The van der Waals surface area contributed by atoms with Crippen LogP contribution in [0.1, 0.15) is 29.9 Å². The first-order valence-electron chi connectivity index (χ1n) is 8.06. The maximum absolute atomic E-state index is 12.8. The van der Waals surface area contributed by atoms with Crippen molar-refractivity contribution in [2.45, 2.75) is 35.0 Å². The molecule has 0 heterocycles. The van der Waals surface area contributed by atoms with Crippen LogP contribution in [0.4, 0.5) is 0 Å². The van der Waals surface area contributed by atoms with E-state index in [1.807, 2.05) is 18.2 Å². The van der Waals surface area contributed by atoms with Crippen molar-refractivity contribution in [1.29, 1.82) is 0 Å². The fourth-order valence-corrected chi connectivity index (χ4v) is 4.76. The number of nitrogens with zero attached hydrogens (tertiary/aromatic N) is 1. The Hall–Kier alpha value is -1.59. The summed E-state index contributed by atoms with van der Waals surface area (Å²) in [7, 11) is 0.748. The molecule has 0 N–H and O–H groups in total. The summed E-state index contributed by atoms with van der Waals surface area (Å²) in [6.45, 7) is 1.01. The summed E-state index contributed by atoms with van der Waals surface area (Å²) in [5.41, 5.74) is 2.51. The lowest BCUT2D eigenvalue weighted by Gasteiger charge is -2.28. The molecule has 23 heavy (non-hydrogen) atoms. The fraction of sp³-hybridized carbons (Fsp3) is 0.333. The van der Waals surface area contributed by atoms with Crippen molar-refractivity contribution in [3.8, 4) is 0 Å². The Balaban J connectivity index is 1.98. The Labute approximate surface area is 139 Å². The molecule has 0 unspecified atom stereocenters.